The van der Waals surface area contributed by atoms with Gasteiger partial charge in [-0.05, 0) is 24.2 Å². The Morgan fingerprint density at radius 3 is 2.22 bits per heavy atom. The molecular weight excluding hydrogens is 226 g/mol. The first-order chi connectivity index (χ1) is 8.44. The molecule has 1 heterocycles. The largest absolute Gasteiger partial charge is 0.348 e. The van der Waals surface area contributed by atoms with Crippen LogP contribution in [-0.4, -0.2) is 31.6 Å². The fourth-order valence-electron chi connectivity index (χ4n) is 2.66. The summed E-state index contributed by atoms with van der Waals surface area (Å²) in [5.41, 5.74) is 0.371. The molecule has 106 valence electrons. The van der Waals surface area contributed by atoms with Gasteiger partial charge < -0.3 is 14.8 Å². The van der Waals surface area contributed by atoms with Gasteiger partial charge in [0, 0.05) is 25.4 Å². The second-order valence-electron chi connectivity index (χ2n) is 6.91. The van der Waals surface area contributed by atoms with E-state index >= 15 is 0 Å². The summed E-state index contributed by atoms with van der Waals surface area (Å²) in [5, 5.41) is 3.74. The minimum absolute atomic E-state index is 0.217. The van der Waals surface area contributed by atoms with Gasteiger partial charge in [0.15, 0.2) is 5.79 Å². The van der Waals surface area contributed by atoms with E-state index in [9.17, 15) is 0 Å². The van der Waals surface area contributed by atoms with Gasteiger partial charge in [-0.15, -0.1) is 0 Å². The predicted octanol–water partition coefficient (Wildman–Crippen LogP) is 2.94. The van der Waals surface area contributed by atoms with Gasteiger partial charge in [-0.1, -0.05) is 27.7 Å². The SMILES string of the molecule is CC(C)C(C)(C)CNC1CCC2(CC1)OCCO2. The molecule has 1 aliphatic carbocycles. The van der Waals surface area contributed by atoms with Gasteiger partial charge in [-0.25, -0.2) is 0 Å². The fourth-order valence-corrected chi connectivity index (χ4v) is 2.66. The molecule has 0 radical (unpaired) electrons. The smallest absolute Gasteiger partial charge is 0.168 e. The third-order valence-electron chi connectivity index (χ3n) is 4.97. The summed E-state index contributed by atoms with van der Waals surface area (Å²) >= 11 is 0. The van der Waals surface area contributed by atoms with Gasteiger partial charge in [-0.3, -0.25) is 0 Å². The molecule has 18 heavy (non-hydrogen) atoms. The van der Waals surface area contributed by atoms with E-state index in [1.165, 1.54) is 12.8 Å². The van der Waals surface area contributed by atoms with E-state index < -0.39 is 0 Å². The zero-order chi connectivity index (χ0) is 13.2. The Kier molecular flexibility index (Phi) is 4.35. The Morgan fingerprint density at radius 2 is 1.72 bits per heavy atom. The van der Waals surface area contributed by atoms with E-state index in [1.807, 2.05) is 0 Å². The highest BCUT2D eigenvalue weighted by Crippen LogP contribution is 2.36. The number of nitrogens with one attached hydrogen (secondary N) is 1. The number of ether oxygens (including phenoxy) is 2. The van der Waals surface area contributed by atoms with Gasteiger partial charge in [0.25, 0.3) is 0 Å². The van der Waals surface area contributed by atoms with Crippen LogP contribution in [0, 0.1) is 11.3 Å². The summed E-state index contributed by atoms with van der Waals surface area (Å²) in [5.74, 6) is 0.493. The lowest BCUT2D eigenvalue weighted by Gasteiger charge is -2.38. The molecule has 0 amide bonds. The first kappa shape index (κ1) is 14.3. The van der Waals surface area contributed by atoms with Crippen LogP contribution in [0.2, 0.25) is 0 Å². The molecule has 1 saturated carbocycles. The van der Waals surface area contributed by atoms with Crippen LogP contribution in [0.4, 0.5) is 0 Å². The third-order valence-corrected chi connectivity index (χ3v) is 4.97. The van der Waals surface area contributed by atoms with Gasteiger partial charge in [0.2, 0.25) is 0 Å². The Bertz CT molecular complexity index is 260. The summed E-state index contributed by atoms with van der Waals surface area (Å²) in [6, 6.07) is 0.640. The van der Waals surface area contributed by atoms with Crippen LogP contribution in [0.15, 0.2) is 0 Å². The van der Waals surface area contributed by atoms with Crippen LogP contribution in [-0.2, 0) is 9.47 Å². The van der Waals surface area contributed by atoms with Crippen LogP contribution in [0.5, 0.6) is 0 Å². The molecule has 1 spiro atoms. The van der Waals surface area contributed by atoms with Gasteiger partial charge in [0.05, 0.1) is 13.2 Å². The molecule has 3 nitrogen and oxygen atoms in total. The molecule has 2 fully saturated rings. The Morgan fingerprint density at radius 1 is 1.17 bits per heavy atom. The van der Waals surface area contributed by atoms with Crippen molar-refractivity contribution >= 4 is 0 Å². The molecule has 2 aliphatic rings. The highest BCUT2D eigenvalue weighted by Gasteiger charge is 2.40. The topological polar surface area (TPSA) is 30.5 Å². The van der Waals surface area contributed by atoms with Crippen molar-refractivity contribution in [3.05, 3.63) is 0 Å². The fraction of sp³-hybridized carbons (Fsp3) is 1.00. The van der Waals surface area contributed by atoms with Gasteiger partial charge in [-0.2, -0.15) is 0 Å². The van der Waals surface area contributed by atoms with Crippen molar-refractivity contribution in [2.24, 2.45) is 11.3 Å². The van der Waals surface area contributed by atoms with Crippen LogP contribution < -0.4 is 5.32 Å². The van der Waals surface area contributed by atoms with E-state index in [1.54, 1.807) is 0 Å². The second kappa shape index (κ2) is 5.48. The van der Waals surface area contributed by atoms with Gasteiger partial charge in [0.1, 0.15) is 0 Å². The summed E-state index contributed by atoms with van der Waals surface area (Å²) < 4.78 is 11.5. The molecule has 2 rings (SSSR count). The van der Waals surface area contributed by atoms with E-state index in [0.717, 1.165) is 32.6 Å². The van der Waals surface area contributed by atoms with Crippen LogP contribution >= 0.6 is 0 Å². The minimum Gasteiger partial charge on any atom is -0.348 e. The highest BCUT2D eigenvalue weighted by atomic mass is 16.7. The average Bonchev–Trinajstić information content (AvgIpc) is 2.77. The number of hydrogen-bond acceptors (Lipinski definition) is 3. The molecule has 0 aromatic rings. The molecule has 1 aliphatic heterocycles. The molecule has 0 bridgehead atoms. The maximum Gasteiger partial charge on any atom is 0.168 e. The molecular formula is C15H29NO2. The van der Waals surface area contributed by atoms with E-state index in [0.29, 0.717) is 17.4 Å². The quantitative estimate of drug-likeness (QED) is 0.838. The van der Waals surface area contributed by atoms with Crippen molar-refractivity contribution in [2.45, 2.75) is 65.2 Å². The van der Waals surface area contributed by atoms with Crippen molar-refractivity contribution in [1.29, 1.82) is 0 Å². The molecule has 0 atom stereocenters. The molecule has 0 aromatic carbocycles. The second-order valence-corrected chi connectivity index (χ2v) is 6.91. The molecule has 0 aromatic heterocycles. The predicted molar refractivity (Wildman–Crippen MR) is 73.5 cm³/mol. The molecule has 1 saturated heterocycles. The van der Waals surface area contributed by atoms with E-state index in [-0.39, 0.29) is 5.79 Å². The van der Waals surface area contributed by atoms with Crippen molar-refractivity contribution in [1.82, 2.24) is 5.32 Å². The van der Waals surface area contributed by atoms with Crippen molar-refractivity contribution in [3.63, 3.8) is 0 Å². The molecule has 0 unspecified atom stereocenters. The first-order valence-electron chi connectivity index (χ1n) is 7.45. The van der Waals surface area contributed by atoms with Gasteiger partial charge >= 0.3 is 0 Å². The summed E-state index contributed by atoms with van der Waals surface area (Å²) in [4.78, 5) is 0. The Labute approximate surface area is 112 Å². The van der Waals surface area contributed by atoms with Crippen LogP contribution in [0.1, 0.15) is 53.4 Å². The maximum atomic E-state index is 5.76. The maximum absolute atomic E-state index is 5.76. The number of rotatable bonds is 4. The highest BCUT2D eigenvalue weighted by molar-refractivity contribution is 4.87. The lowest BCUT2D eigenvalue weighted by Crippen LogP contribution is -2.45. The van der Waals surface area contributed by atoms with Crippen molar-refractivity contribution < 1.29 is 9.47 Å². The van der Waals surface area contributed by atoms with Crippen molar-refractivity contribution in [3.8, 4) is 0 Å². The lowest BCUT2D eigenvalue weighted by molar-refractivity contribution is -0.179. The molecule has 3 heteroatoms. The Hall–Kier alpha value is -0.120. The lowest BCUT2D eigenvalue weighted by atomic mass is 9.80. The third kappa shape index (κ3) is 3.25. The van der Waals surface area contributed by atoms with Crippen LogP contribution in [0.3, 0.4) is 0 Å². The Balaban J connectivity index is 1.74. The summed E-state index contributed by atoms with van der Waals surface area (Å²) in [6.07, 6.45) is 4.45. The van der Waals surface area contributed by atoms with E-state index in [2.05, 4.69) is 33.0 Å². The first-order valence-corrected chi connectivity index (χ1v) is 7.45. The van der Waals surface area contributed by atoms with Crippen LogP contribution in [0.25, 0.3) is 0 Å². The monoisotopic (exact) mass is 255 g/mol. The standard InChI is InChI=1S/C15H29NO2/c1-12(2)14(3,4)11-16-13-5-7-15(8-6-13)17-9-10-18-15/h12-13,16H,5-11H2,1-4H3. The summed E-state index contributed by atoms with van der Waals surface area (Å²) in [7, 11) is 0. The van der Waals surface area contributed by atoms with E-state index in [4.69, 9.17) is 9.47 Å². The normalized spacial score (nSPS) is 25.2. The number of hydrogen-bond donors (Lipinski definition) is 1. The zero-order valence-electron chi connectivity index (χ0n) is 12.4. The minimum atomic E-state index is -0.217. The molecule has 1 N–H and O–H groups in total. The zero-order valence-corrected chi connectivity index (χ0v) is 12.4. The average molecular weight is 255 g/mol. The summed E-state index contributed by atoms with van der Waals surface area (Å²) in [6.45, 7) is 12.0. The van der Waals surface area contributed by atoms with Crippen molar-refractivity contribution in [2.75, 3.05) is 19.8 Å².